The van der Waals surface area contributed by atoms with Crippen molar-refractivity contribution in [1.29, 1.82) is 0 Å². The smallest absolute Gasteiger partial charge is 0.305 e. The number of anilines is 2. The largest absolute Gasteiger partial charge is 0.352 e. The molecule has 0 amide bonds. The number of nitrogens with one attached hydrogen (secondary N) is 4. The van der Waals surface area contributed by atoms with Crippen LogP contribution in [-0.4, -0.2) is 22.5 Å². The van der Waals surface area contributed by atoms with E-state index in [1.54, 1.807) is 0 Å². The van der Waals surface area contributed by atoms with Gasteiger partial charge in [-0.25, -0.2) is 4.99 Å². The zero-order valence-electron chi connectivity index (χ0n) is 12.9. The number of aromatic amines is 2. The summed E-state index contributed by atoms with van der Waals surface area (Å²) < 4.78 is 0.940. The van der Waals surface area contributed by atoms with Gasteiger partial charge in [-0.1, -0.05) is 18.3 Å². The van der Waals surface area contributed by atoms with Gasteiger partial charge in [-0.15, -0.1) is 0 Å². The number of nitrogens with zero attached hydrogens (tertiary/aromatic N) is 1. The van der Waals surface area contributed by atoms with E-state index in [1.807, 2.05) is 18.2 Å². The molecule has 0 saturated carbocycles. The molecule has 1 aliphatic heterocycles. The molecule has 0 radical (unpaired) electrons. The van der Waals surface area contributed by atoms with Crippen molar-refractivity contribution in [3.05, 3.63) is 44.7 Å². The maximum absolute atomic E-state index is 11.4. The van der Waals surface area contributed by atoms with E-state index in [0.717, 1.165) is 39.5 Å². The van der Waals surface area contributed by atoms with Crippen LogP contribution in [-0.2, 0) is 6.42 Å². The van der Waals surface area contributed by atoms with E-state index in [2.05, 4.69) is 39.4 Å². The normalized spacial score (nSPS) is 13.6. The van der Waals surface area contributed by atoms with E-state index in [-0.39, 0.29) is 4.87 Å². The number of hydrogen-bond acceptors (Lipinski definition) is 5. The summed E-state index contributed by atoms with van der Waals surface area (Å²) in [7, 11) is 0. The summed E-state index contributed by atoms with van der Waals surface area (Å²) in [4.78, 5) is 22.2. The monoisotopic (exact) mass is 327 g/mol. The van der Waals surface area contributed by atoms with Crippen LogP contribution < -0.4 is 15.5 Å². The topological polar surface area (TPSA) is 85.1 Å². The van der Waals surface area contributed by atoms with E-state index in [1.165, 1.54) is 22.6 Å². The lowest BCUT2D eigenvalue weighted by atomic mass is 10.1. The number of amidine groups is 1. The molecule has 23 heavy (non-hydrogen) atoms. The fourth-order valence-electron chi connectivity index (χ4n) is 2.97. The van der Waals surface area contributed by atoms with E-state index in [4.69, 9.17) is 0 Å². The minimum absolute atomic E-state index is 0.0345. The summed E-state index contributed by atoms with van der Waals surface area (Å²) >= 11 is 1.22. The Bertz CT molecular complexity index is 978. The fourth-order valence-corrected chi connectivity index (χ4v) is 3.74. The highest BCUT2D eigenvalue weighted by molar-refractivity contribution is 7.16. The van der Waals surface area contributed by atoms with Crippen molar-refractivity contribution in [2.75, 3.05) is 17.3 Å². The molecule has 0 fully saturated rings. The SMILES string of the molecule is CCc1[nH]c2c(c1C)C(Nc1ccc3[nH]c(=O)sc3c1)=NCN2. The molecular weight excluding hydrogens is 310 g/mol. The summed E-state index contributed by atoms with van der Waals surface area (Å²) in [6.07, 6.45) is 0.955. The Kier molecular flexibility index (Phi) is 3.23. The third-order valence-corrected chi connectivity index (χ3v) is 4.97. The summed E-state index contributed by atoms with van der Waals surface area (Å²) in [6, 6.07) is 5.85. The minimum Gasteiger partial charge on any atom is -0.352 e. The first-order chi connectivity index (χ1) is 11.2. The van der Waals surface area contributed by atoms with Gasteiger partial charge in [-0.3, -0.25) is 4.79 Å². The molecule has 0 bridgehead atoms. The maximum Gasteiger partial charge on any atom is 0.305 e. The first-order valence-corrected chi connectivity index (χ1v) is 8.37. The highest BCUT2D eigenvalue weighted by Crippen LogP contribution is 2.28. The zero-order valence-corrected chi connectivity index (χ0v) is 13.7. The van der Waals surface area contributed by atoms with Crippen LogP contribution in [0.2, 0.25) is 0 Å². The van der Waals surface area contributed by atoms with Crippen LogP contribution in [0.25, 0.3) is 10.2 Å². The number of aliphatic imine (C=N–C) groups is 1. The first-order valence-electron chi connectivity index (χ1n) is 7.55. The average molecular weight is 327 g/mol. The summed E-state index contributed by atoms with van der Waals surface area (Å²) in [5, 5.41) is 6.68. The molecule has 0 unspecified atom stereocenters. The molecule has 4 rings (SSSR count). The lowest BCUT2D eigenvalue weighted by molar-refractivity contribution is 1.03. The second-order valence-corrected chi connectivity index (χ2v) is 6.54. The van der Waals surface area contributed by atoms with E-state index < -0.39 is 0 Å². The molecule has 0 saturated heterocycles. The van der Waals surface area contributed by atoms with E-state index in [9.17, 15) is 4.79 Å². The Balaban J connectivity index is 1.72. The Labute approximate surface area is 136 Å². The Morgan fingerprint density at radius 3 is 3.04 bits per heavy atom. The van der Waals surface area contributed by atoms with Gasteiger partial charge in [-0.05, 0) is 37.1 Å². The van der Waals surface area contributed by atoms with Gasteiger partial charge in [0.05, 0.1) is 15.8 Å². The molecular formula is C16H17N5OS. The second-order valence-electron chi connectivity index (χ2n) is 5.52. The standard InChI is InChI=1S/C16H17N5OS/c1-3-10-8(2)13-14(17-7-18-15(13)20-10)19-9-4-5-11-12(6-9)23-16(22)21-11/h4-6,18,20H,3,7H2,1-2H3,(H,17,19)(H,21,22). The Morgan fingerprint density at radius 1 is 1.35 bits per heavy atom. The van der Waals surface area contributed by atoms with Gasteiger partial charge in [0.15, 0.2) is 0 Å². The van der Waals surface area contributed by atoms with Crippen molar-refractivity contribution < 1.29 is 0 Å². The van der Waals surface area contributed by atoms with Crippen LogP contribution in [0.4, 0.5) is 11.5 Å². The number of benzene rings is 1. The molecule has 0 spiro atoms. The molecule has 2 aromatic heterocycles. The van der Waals surface area contributed by atoms with Crippen LogP contribution in [0.15, 0.2) is 28.0 Å². The van der Waals surface area contributed by atoms with Gasteiger partial charge in [-0.2, -0.15) is 0 Å². The first kappa shape index (κ1) is 14.1. The van der Waals surface area contributed by atoms with E-state index >= 15 is 0 Å². The van der Waals surface area contributed by atoms with Gasteiger partial charge < -0.3 is 20.6 Å². The summed E-state index contributed by atoms with van der Waals surface area (Å²) in [6.45, 7) is 4.79. The van der Waals surface area contributed by atoms with Crippen molar-refractivity contribution in [3.8, 4) is 0 Å². The molecule has 3 heterocycles. The van der Waals surface area contributed by atoms with Gasteiger partial charge in [0.1, 0.15) is 18.3 Å². The highest BCUT2D eigenvalue weighted by atomic mass is 32.1. The molecule has 3 aromatic rings. The quantitative estimate of drug-likeness (QED) is 0.584. The van der Waals surface area contributed by atoms with Crippen LogP contribution in [0.3, 0.4) is 0 Å². The number of H-pyrrole nitrogens is 2. The Hall–Kier alpha value is -2.54. The second kappa shape index (κ2) is 5.27. The molecule has 6 nitrogen and oxygen atoms in total. The van der Waals surface area contributed by atoms with Crippen LogP contribution in [0.5, 0.6) is 0 Å². The predicted octanol–water partition coefficient (Wildman–Crippen LogP) is 3.03. The summed E-state index contributed by atoms with van der Waals surface area (Å²) in [5.41, 5.74) is 5.32. The van der Waals surface area contributed by atoms with Gasteiger partial charge in [0, 0.05) is 11.4 Å². The predicted molar refractivity (Wildman–Crippen MR) is 96.0 cm³/mol. The number of hydrogen-bond donors (Lipinski definition) is 4. The van der Waals surface area contributed by atoms with Gasteiger partial charge in [0.25, 0.3) is 0 Å². The third kappa shape index (κ3) is 2.33. The molecule has 1 aliphatic rings. The van der Waals surface area contributed by atoms with Crippen molar-refractivity contribution in [1.82, 2.24) is 9.97 Å². The number of fused-ring (bicyclic) bond motifs is 2. The summed E-state index contributed by atoms with van der Waals surface area (Å²) in [5.74, 6) is 1.87. The molecule has 1 aromatic carbocycles. The molecule has 118 valence electrons. The lowest BCUT2D eigenvalue weighted by Gasteiger charge is -2.17. The van der Waals surface area contributed by atoms with Crippen LogP contribution >= 0.6 is 11.3 Å². The minimum atomic E-state index is -0.0345. The molecule has 0 atom stereocenters. The lowest BCUT2D eigenvalue weighted by Crippen LogP contribution is -2.22. The van der Waals surface area contributed by atoms with Crippen LogP contribution in [0, 0.1) is 6.92 Å². The highest BCUT2D eigenvalue weighted by Gasteiger charge is 2.21. The van der Waals surface area contributed by atoms with E-state index in [0.29, 0.717) is 6.67 Å². The zero-order chi connectivity index (χ0) is 16.0. The van der Waals surface area contributed by atoms with Gasteiger partial charge >= 0.3 is 4.87 Å². The van der Waals surface area contributed by atoms with Crippen molar-refractivity contribution in [3.63, 3.8) is 0 Å². The van der Waals surface area contributed by atoms with Crippen LogP contribution in [0.1, 0.15) is 23.7 Å². The number of aryl methyl sites for hydroxylation is 1. The fraction of sp³-hybridized carbons (Fsp3) is 0.250. The molecule has 0 aliphatic carbocycles. The average Bonchev–Trinajstić information content (AvgIpc) is 3.06. The van der Waals surface area contributed by atoms with Crippen molar-refractivity contribution in [2.24, 2.45) is 4.99 Å². The Morgan fingerprint density at radius 2 is 2.22 bits per heavy atom. The number of thiazole rings is 1. The van der Waals surface area contributed by atoms with Crippen molar-refractivity contribution in [2.45, 2.75) is 20.3 Å². The maximum atomic E-state index is 11.4. The van der Waals surface area contributed by atoms with Crippen molar-refractivity contribution >= 4 is 38.9 Å². The number of rotatable bonds is 2. The molecule has 7 heteroatoms. The molecule has 4 N–H and O–H groups in total. The number of aromatic nitrogens is 2. The van der Waals surface area contributed by atoms with Gasteiger partial charge in [0.2, 0.25) is 0 Å². The third-order valence-electron chi connectivity index (χ3n) is 4.12.